The Bertz CT molecular complexity index is 591. The maximum atomic E-state index is 12.4. The molecule has 2 fully saturated rings. The molecular weight excluding hydrogens is 344 g/mol. The van der Waals surface area contributed by atoms with Crippen molar-refractivity contribution in [2.75, 3.05) is 46.4 Å². The normalized spacial score (nSPS) is 22.9. The standard InChI is InChI=1S/C20H34N4O3/c1-15-19(16(2)27-22-15)14-23-10-6-18(7-11-23)24-9-4-5-17(13-24)20(25)21-8-12-26-3/h17-18H,4-14H2,1-3H3,(H,21,25)/t17-/m0/s1. The van der Waals surface area contributed by atoms with E-state index in [0.29, 0.717) is 19.2 Å². The highest BCUT2D eigenvalue weighted by molar-refractivity contribution is 5.78. The molecule has 0 unspecified atom stereocenters. The van der Waals surface area contributed by atoms with Crippen LogP contribution in [-0.2, 0) is 16.1 Å². The highest BCUT2D eigenvalue weighted by atomic mass is 16.5. The van der Waals surface area contributed by atoms with Crippen LogP contribution in [0.1, 0.15) is 42.7 Å². The quantitative estimate of drug-likeness (QED) is 0.729. The molecule has 2 saturated heterocycles. The highest BCUT2D eigenvalue weighted by Crippen LogP contribution is 2.25. The molecule has 0 saturated carbocycles. The third-order valence-electron chi connectivity index (χ3n) is 6.07. The van der Waals surface area contributed by atoms with Crippen molar-refractivity contribution < 1.29 is 14.1 Å². The van der Waals surface area contributed by atoms with Crippen LogP contribution in [0, 0.1) is 19.8 Å². The summed E-state index contributed by atoms with van der Waals surface area (Å²) in [5, 5.41) is 7.07. The van der Waals surface area contributed by atoms with Gasteiger partial charge in [0.2, 0.25) is 5.91 Å². The molecule has 1 N–H and O–H groups in total. The summed E-state index contributed by atoms with van der Waals surface area (Å²) in [5.41, 5.74) is 2.24. The van der Waals surface area contributed by atoms with Crippen LogP contribution in [-0.4, -0.2) is 73.3 Å². The third kappa shape index (κ3) is 5.30. The lowest BCUT2D eigenvalue weighted by Crippen LogP contribution is -2.50. The van der Waals surface area contributed by atoms with E-state index in [2.05, 4.69) is 20.3 Å². The van der Waals surface area contributed by atoms with Crippen LogP contribution in [0.2, 0.25) is 0 Å². The molecule has 7 nitrogen and oxygen atoms in total. The third-order valence-corrected chi connectivity index (χ3v) is 6.07. The number of likely N-dealkylation sites (tertiary alicyclic amines) is 2. The van der Waals surface area contributed by atoms with Gasteiger partial charge in [-0.15, -0.1) is 0 Å². The Morgan fingerprint density at radius 3 is 2.70 bits per heavy atom. The van der Waals surface area contributed by atoms with E-state index in [-0.39, 0.29) is 11.8 Å². The molecule has 0 bridgehead atoms. The van der Waals surface area contributed by atoms with Gasteiger partial charge in [0, 0.05) is 38.3 Å². The number of carbonyl (C=O) groups excluding carboxylic acids is 1. The molecular formula is C20H34N4O3. The number of carbonyl (C=O) groups is 1. The Kier molecular flexibility index (Phi) is 7.26. The molecule has 0 radical (unpaired) electrons. The van der Waals surface area contributed by atoms with E-state index in [1.807, 2.05) is 13.8 Å². The number of nitrogens with one attached hydrogen (secondary N) is 1. The lowest BCUT2D eigenvalue weighted by molar-refractivity contribution is -0.127. The van der Waals surface area contributed by atoms with Gasteiger partial charge in [-0.05, 0) is 59.2 Å². The molecule has 3 rings (SSSR count). The molecule has 2 aliphatic heterocycles. The van der Waals surface area contributed by atoms with E-state index in [1.54, 1.807) is 7.11 Å². The van der Waals surface area contributed by atoms with Crippen LogP contribution in [0.5, 0.6) is 0 Å². The Hall–Kier alpha value is -1.44. The van der Waals surface area contributed by atoms with Crippen molar-refractivity contribution in [1.29, 1.82) is 0 Å². The monoisotopic (exact) mass is 378 g/mol. The van der Waals surface area contributed by atoms with Gasteiger partial charge < -0.3 is 14.6 Å². The molecule has 152 valence electrons. The summed E-state index contributed by atoms with van der Waals surface area (Å²) < 4.78 is 10.3. The van der Waals surface area contributed by atoms with Crippen LogP contribution in [0.15, 0.2) is 4.52 Å². The van der Waals surface area contributed by atoms with Gasteiger partial charge in [-0.1, -0.05) is 5.16 Å². The topological polar surface area (TPSA) is 70.8 Å². The molecule has 1 aromatic heterocycles. The number of amides is 1. The van der Waals surface area contributed by atoms with Gasteiger partial charge in [-0.2, -0.15) is 0 Å². The molecule has 0 aliphatic carbocycles. The average Bonchev–Trinajstić information content (AvgIpc) is 3.01. The number of ether oxygens (including phenoxy) is 1. The largest absolute Gasteiger partial charge is 0.383 e. The first-order valence-electron chi connectivity index (χ1n) is 10.2. The Morgan fingerprint density at radius 1 is 1.26 bits per heavy atom. The van der Waals surface area contributed by atoms with Gasteiger partial charge in [0.05, 0.1) is 18.2 Å². The average molecular weight is 379 g/mol. The molecule has 3 heterocycles. The molecule has 1 amide bonds. The predicted molar refractivity (Wildman–Crippen MR) is 103 cm³/mol. The summed E-state index contributed by atoms with van der Waals surface area (Å²) in [4.78, 5) is 17.4. The van der Waals surface area contributed by atoms with Crippen LogP contribution < -0.4 is 5.32 Å². The van der Waals surface area contributed by atoms with E-state index in [1.165, 1.54) is 18.4 Å². The maximum absolute atomic E-state index is 12.4. The Labute approximate surface area is 162 Å². The van der Waals surface area contributed by atoms with E-state index in [0.717, 1.165) is 57.0 Å². The van der Waals surface area contributed by atoms with Crippen LogP contribution in [0.25, 0.3) is 0 Å². The molecule has 1 aromatic rings. The number of aryl methyl sites for hydroxylation is 2. The molecule has 1 atom stereocenters. The number of nitrogens with zero attached hydrogens (tertiary/aromatic N) is 3. The van der Waals surface area contributed by atoms with E-state index in [4.69, 9.17) is 9.26 Å². The first kappa shape index (κ1) is 20.3. The zero-order chi connectivity index (χ0) is 19.2. The van der Waals surface area contributed by atoms with Crippen molar-refractivity contribution in [3.8, 4) is 0 Å². The maximum Gasteiger partial charge on any atom is 0.224 e. The van der Waals surface area contributed by atoms with E-state index in [9.17, 15) is 4.79 Å². The zero-order valence-electron chi connectivity index (χ0n) is 17.0. The number of hydrogen-bond donors (Lipinski definition) is 1. The second kappa shape index (κ2) is 9.66. The smallest absolute Gasteiger partial charge is 0.224 e. The van der Waals surface area contributed by atoms with E-state index >= 15 is 0 Å². The minimum atomic E-state index is 0.121. The fourth-order valence-corrected chi connectivity index (χ4v) is 4.37. The highest BCUT2D eigenvalue weighted by Gasteiger charge is 2.31. The summed E-state index contributed by atoms with van der Waals surface area (Å²) in [6, 6.07) is 0.598. The first-order valence-corrected chi connectivity index (χ1v) is 10.2. The van der Waals surface area contributed by atoms with Crippen molar-refractivity contribution in [1.82, 2.24) is 20.3 Å². The molecule has 0 spiro atoms. The summed E-state index contributed by atoms with van der Waals surface area (Å²) in [5.74, 6) is 1.25. The first-order chi connectivity index (χ1) is 13.1. The van der Waals surface area contributed by atoms with E-state index < -0.39 is 0 Å². The predicted octanol–water partition coefficient (Wildman–Crippen LogP) is 1.73. The van der Waals surface area contributed by atoms with Gasteiger partial charge in [0.15, 0.2) is 0 Å². The Balaban J connectivity index is 1.45. The summed E-state index contributed by atoms with van der Waals surface area (Å²) in [7, 11) is 1.66. The number of methoxy groups -OCH3 is 1. The fraction of sp³-hybridized carbons (Fsp3) is 0.800. The summed E-state index contributed by atoms with van der Waals surface area (Å²) in [6.45, 7) is 10.3. The van der Waals surface area contributed by atoms with Crippen molar-refractivity contribution >= 4 is 5.91 Å². The molecule has 2 aliphatic rings. The van der Waals surface area contributed by atoms with Crippen LogP contribution >= 0.6 is 0 Å². The number of piperidine rings is 2. The van der Waals surface area contributed by atoms with Gasteiger partial charge in [-0.25, -0.2) is 0 Å². The van der Waals surface area contributed by atoms with Crippen LogP contribution in [0.4, 0.5) is 0 Å². The van der Waals surface area contributed by atoms with Crippen molar-refractivity contribution in [2.24, 2.45) is 5.92 Å². The minimum absolute atomic E-state index is 0.121. The van der Waals surface area contributed by atoms with Crippen molar-refractivity contribution in [3.05, 3.63) is 17.0 Å². The SMILES string of the molecule is COCCNC(=O)[C@H]1CCCN(C2CCN(Cc3c(C)noc3C)CC2)C1. The molecule has 0 aromatic carbocycles. The lowest BCUT2D eigenvalue weighted by Gasteiger charge is -2.42. The van der Waals surface area contributed by atoms with Gasteiger partial charge >= 0.3 is 0 Å². The van der Waals surface area contributed by atoms with Gasteiger partial charge in [0.1, 0.15) is 5.76 Å². The molecule has 27 heavy (non-hydrogen) atoms. The number of hydrogen-bond acceptors (Lipinski definition) is 6. The summed E-state index contributed by atoms with van der Waals surface area (Å²) >= 11 is 0. The second-order valence-electron chi connectivity index (χ2n) is 7.93. The van der Waals surface area contributed by atoms with Gasteiger partial charge in [-0.3, -0.25) is 14.6 Å². The molecule has 7 heteroatoms. The summed E-state index contributed by atoms with van der Waals surface area (Å²) in [6.07, 6.45) is 4.45. The minimum Gasteiger partial charge on any atom is -0.383 e. The zero-order valence-corrected chi connectivity index (χ0v) is 17.0. The van der Waals surface area contributed by atoms with Crippen molar-refractivity contribution in [2.45, 2.75) is 52.1 Å². The lowest BCUT2D eigenvalue weighted by atomic mass is 9.93. The van der Waals surface area contributed by atoms with Gasteiger partial charge in [0.25, 0.3) is 0 Å². The number of rotatable bonds is 7. The Morgan fingerprint density at radius 2 is 2.04 bits per heavy atom. The fourth-order valence-electron chi connectivity index (χ4n) is 4.37. The van der Waals surface area contributed by atoms with Crippen molar-refractivity contribution in [3.63, 3.8) is 0 Å². The number of aromatic nitrogens is 1. The second-order valence-corrected chi connectivity index (χ2v) is 7.93. The van der Waals surface area contributed by atoms with Crippen LogP contribution in [0.3, 0.4) is 0 Å².